The molecule has 0 saturated heterocycles. The SMILES string of the molecule is CC(C)(C)C1CC(=Cc2cccc(C(F)(F)F)c2)C(=O)C(=Cc2cccc(C(F)(F)F)c2)C1. The summed E-state index contributed by atoms with van der Waals surface area (Å²) in [5, 5.41) is 0. The van der Waals surface area contributed by atoms with Gasteiger partial charge in [-0.1, -0.05) is 45.0 Å². The molecule has 0 amide bonds. The molecular weight excluding hydrogens is 442 g/mol. The van der Waals surface area contributed by atoms with Gasteiger partial charge in [-0.3, -0.25) is 4.79 Å². The maximum absolute atomic E-state index is 13.2. The molecule has 0 N–H and O–H groups in total. The summed E-state index contributed by atoms with van der Waals surface area (Å²) in [5.41, 5.74) is -0.653. The summed E-state index contributed by atoms with van der Waals surface area (Å²) in [6.07, 6.45) is -5.36. The number of alkyl halides is 6. The van der Waals surface area contributed by atoms with Crippen molar-refractivity contribution < 1.29 is 31.1 Å². The fraction of sp³-hybridized carbons (Fsp3) is 0.346. The third kappa shape index (κ3) is 6.15. The van der Waals surface area contributed by atoms with Crippen LogP contribution in [0.4, 0.5) is 26.3 Å². The van der Waals surface area contributed by atoms with Gasteiger partial charge in [-0.2, -0.15) is 26.3 Å². The van der Waals surface area contributed by atoms with E-state index < -0.39 is 23.5 Å². The number of allylic oxidation sites excluding steroid dienone is 2. The second kappa shape index (κ2) is 8.84. The van der Waals surface area contributed by atoms with Crippen LogP contribution in [0.15, 0.2) is 59.7 Å². The lowest BCUT2D eigenvalue weighted by Gasteiger charge is -2.35. The second-order valence-corrected chi connectivity index (χ2v) is 9.39. The van der Waals surface area contributed by atoms with Crippen LogP contribution < -0.4 is 0 Å². The minimum absolute atomic E-state index is 0.00991. The lowest BCUT2D eigenvalue weighted by atomic mass is 9.68. The number of ketones is 1. The van der Waals surface area contributed by atoms with Gasteiger partial charge in [0.25, 0.3) is 0 Å². The fourth-order valence-corrected chi connectivity index (χ4v) is 3.87. The Morgan fingerprint density at radius 2 is 1.12 bits per heavy atom. The summed E-state index contributed by atoms with van der Waals surface area (Å²) in [5.74, 6) is -0.366. The first-order valence-electron chi connectivity index (χ1n) is 10.4. The molecule has 2 aromatic rings. The minimum atomic E-state index is -4.51. The Balaban J connectivity index is 2.04. The summed E-state index contributed by atoms with van der Waals surface area (Å²) < 4.78 is 78.5. The van der Waals surface area contributed by atoms with Crippen LogP contribution in [-0.4, -0.2) is 5.78 Å². The van der Waals surface area contributed by atoms with E-state index in [4.69, 9.17) is 0 Å². The predicted octanol–water partition coefficient (Wildman–Crippen LogP) is 8.22. The number of hydrogen-bond donors (Lipinski definition) is 0. The summed E-state index contributed by atoms with van der Waals surface area (Å²) >= 11 is 0. The average Bonchev–Trinajstić information content (AvgIpc) is 2.69. The minimum Gasteiger partial charge on any atom is -0.289 e. The Labute approximate surface area is 188 Å². The zero-order chi connectivity index (χ0) is 24.6. The molecule has 1 saturated carbocycles. The summed E-state index contributed by atoms with van der Waals surface area (Å²) in [6.45, 7) is 5.99. The van der Waals surface area contributed by atoms with Crippen molar-refractivity contribution in [3.63, 3.8) is 0 Å². The number of carbonyl (C=O) groups is 1. The van der Waals surface area contributed by atoms with Gasteiger partial charge in [-0.15, -0.1) is 0 Å². The zero-order valence-electron chi connectivity index (χ0n) is 18.4. The summed E-state index contributed by atoms with van der Waals surface area (Å²) in [4.78, 5) is 13.2. The molecule has 33 heavy (non-hydrogen) atoms. The third-order valence-corrected chi connectivity index (χ3v) is 5.85. The van der Waals surface area contributed by atoms with Crippen LogP contribution in [0.1, 0.15) is 55.9 Å². The van der Waals surface area contributed by atoms with Crippen molar-refractivity contribution in [3.05, 3.63) is 81.9 Å². The van der Waals surface area contributed by atoms with Crippen molar-refractivity contribution in [2.24, 2.45) is 11.3 Å². The summed E-state index contributed by atoms with van der Waals surface area (Å²) in [7, 11) is 0. The van der Waals surface area contributed by atoms with Crippen molar-refractivity contribution in [3.8, 4) is 0 Å². The molecule has 0 aromatic heterocycles. The average molecular weight is 466 g/mol. The van der Waals surface area contributed by atoms with Crippen LogP contribution in [-0.2, 0) is 17.1 Å². The Morgan fingerprint density at radius 1 is 0.727 bits per heavy atom. The van der Waals surface area contributed by atoms with Crippen LogP contribution in [0, 0.1) is 11.3 Å². The van der Waals surface area contributed by atoms with E-state index in [1.54, 1.807) is 0 Å². The van der Waals surface area contributed by atoms with Crippen LogP contribution in [0.25, 0.3) is 12.2 Å². The number of benzene rings is 2. The van der Waals surface area contributed by atoms with Crippen LogP contribution in [0.2, 0.25) is 0 Å². The van der Waals surface area contributed by atoms with Crippen molar-refractivity contribution in [2.45, 2.75) is 46.0 Å². The first kappa shape index (κ1) is 24.8. The topological polar surface area (TPSA) is 17.1 Å². The molecule has 0 heterocycles. The largest absolute Gasteiger partial charge is 0.416 e. The third-order valence-electron chi connectivity index (χ3n) is 5.85. The van der Waals surface area contributed by atoms with E-state index in [-0.39, 0.29) is 28.2 Å². The van der Waals surface area contributed by atoms with Crippen LogP contribution >= 0.6 is 0 Å². The maximum Gasteiger partial charge on any atom is 0.416 e. The molecular formula is C26H24F6O. The Bertz CT molecular complexity index is 1020. The standard InChI is InChI=1S/C26H24F6O/c1-24(2,3)22-14-18(10-16-6-4-8-20(12-16)25(27,28)29)23(33)19(15-22)11-17-7-5-9-21(13-17)26(30,31)32/h4-13,22H,14-15H2,1-3H3. The van der Waals surface area contributed by atoms with E-state index in [9.17, 15) is 31.1 Å². The van der Waals surface area contributed by atoms with E-state index in [1.807, 2.05) is 20.8 Å². The van der Waals surface area contributed by atoms with Gasteiger partial charge in [0.05, 0.1) is 11.1 Å². The van der Waals surface area contributed by atoms with Crippen molar-refractivity contribution >= 4 is 17.9 Å². The highest BCUT2D eigenvalue weighted by Crippen LogP contribution is 2.42. The highest BCUT2D eigenvalue weighted by Gasteiger charge is 2.35. The number of rotatable bonds is 2. The first-order chi connectivity index (χ1) is 15.1. The van der Waals surface area contributed by atoms with Gasteiger partial charge in [-0.25, -0.2) is 0 Å². The lowest BCUT2D eigenvalue weighted by molar-refractivity contribution is -0.138. The molecule has 1 nitrogen and oxygen atoms in total. The molecule has 1 aliphatic rings. The summed E-state index contributed by atoms with van der Waals surface area (Å²) in [6, 6.07) is 9.43. The zero-order valence-corrected chi connectivity index (χ0v) is 18.4. The highest BCUT2D eigenvalue weighted by atomic mass is 19.4. The fourth-order valence-electron chi connectivity index (χ4n) is 3.87. The second-order valence-electron chi connectivity index (χ2n) is 9.39. The number of halogens is 6. The highest BCUT2D eigenvalue weighted by molar-refractivity contribution is 6.14. The predicted molar refractivity (Wildman–Crippen MR) is 116 cm³/mol. The van der Waals surface area contributed by atoms with E-state index in [0.29, 0.717) is 24.0 Å². The van der Waals surface area contributed by atoms with Crippen molar-refractivity contribution in [2.75, 3.05) is 0 Å². The lowest BCUT2D eigenvalue weighted by Crippen LogP contribution is -2.29. The van der Waals surface area contributed by atoms with Gasteiger partial charge in [0.15, 0.2) is 5.78 Å². The van der Waals surface area contributed by atoms with Crippen LogP contribution in [0.5, 0.6) is 0 Å². The normalized spacial score (nSPS) is 20.5. The maximum atomic E-state index is 13.2. The molecule has 2 aromatic carbocycles. The van der Waals surface area contributed by atoms with Crippen LogP contribution in [0.3, 0.4) is 0 Å². The number of carbonyl (C=O) groups excluding carboxylic acids is 1. The van der Waals surface area contributed by atoms with E-state index in [1.165, 1.54) is 36.4 Å². The van der Waals surface area contributed by atoms with Gasteiger partial charge in [0.2, 0.25) is 0 Å². The molecule has 0 radical (unpaired) electrons. The van der Waals surface area contributed by atoms with E-state index >= 15 is 0 Å². The van der Waals surface area contributed by atoms with Crippen molar-refractivity contribution in [1.29, 1.82) is 0 Å². The molecule has 0 spiro atoms. The molecule has 0 aliphatic heterocycles. The smallest absolute Gasteiger partial charge is 0.289 e. The molecule has 1 fully saturated rings. The molecule has 1 aliphatic carbocycles. The Kier molecular flexibility index (Phi) is 6.65. The van der Waals surface area contributed by atoms with Gasteiger partial charge >= 0.3 is 12.4 Å². The first-order valence-corrected chi connectivity index (χ1v) is 10.4. The van der Waals surface area contributed by atoms with E-state index in [0.717, 1.165) is 24.3 Å². The van der Waals surface area contributed by atoms with Gasteiger partial charge in [0, 0.05) is 11.1 Å². The van der Waals surface area contributed by atoms with Gasteiger partial charge in [0.1, 0.15) is 0 Å². The van der Waals surface area contributed by atoms with E-state index in [2.05, 4.69) is 0 Å². The Morgan fingerprint density at radius 3 is 1.45 bits per heavy atom. The number of Topliss-reactive ketones (excluding diaryl/α,β-unsaturated/α-hetero) is 1. The monoisotopic (exact) mass is 466 g/mol. The quantitative estimate of drug-likeness (QED) is 0.322. The molecule has 176 valence electrons. The molecule has 7 heteroatoms. The Hall–Kier alpha value is -2.83. The molecule has 3 rings (SSSR count). The van der Waals surface area contributed by atoms with Gasteiger partial charge in [-0.05, 0) is 71.7 Å². The molecule has 0 atom stereocenters. The number of hydrogen-bond acceptors (Lipinski definition) is 1. The molecule has 0 unspecified atom stereocenters. The van der Waals surface area contributed by atoms with Crippen molar-refractivity contribution in [1.82, 2.24) is 0 Å². The van der Waals surface area contributed by atoms with Gasteiger partial charge < -0.3 is 0 Å². The molecule has 0 bridgehead atoms.